The highest BCUT2D eigenvalue weighted by Gasteiger charge is 2.50. The molecule has 2 aliphatic heterocycles. The smallest absolute Gasteiger partial charge is 0.242 e. The maximum Gasteiger partial charge on any atom is 0.242 e. The molecule has 0 aliphatic carbocycles. The molecule has 1 aromatic carbocycles. The van der Waals surface area contributed by atoms with E-state index in [-0.39, 0.29) is 30.2 Å². The van der Waals surface area contributed by atoms with Crippen LogP contribution in [0.25, 0.3) is 22.0 Å². The van der Waals surface area contributed by atoms with Gasteiger partial charge in [0.15, 0.2) is 0 Å². The summed E-state index contributed by atoms with van der Waals surface area (Å²) in [5.41, 5.74) is 2.64. The Hall–Kier alpha value is -2.51. The number of nitrogens with one attached hydrogen (secondary N) is 1. The van der Waals surface area contributed by atoms with Crippen molar-refractivity contribution < 1.29 is 9.18 Å². The van der Waals surface area contributed by atoms with E-state index >= 15 is 0 Å². The Labute approximate surface area is 180 Å². The van der Waals surface area contributed by atoms with Crippen LogP contribution < -0.4 is 5.32 Å². The van der Waals surface area contributed by atoms with Gasteiger partial charge in [0, 0.05) is 37.3 Å². The van der Waals surface area contributed by atoms with Gasteiger partial charge >= 0.3 is 0 Å². The topological polar surface area (TPSA) is 63.1 Å². The number of hydrogen-bond donors (Lipinski definition) is 1. The number of likely N-dealkylation sites (N-methyl/N-ethyl adjacent to an activating group) is 1. The molecule has 8 heteroatoms. The van der Waals surface area contributed by atoms with Gasteiger partial charge in [-0.25, -0.2) is 4.39 Å². The fourth-order valence-electron chi connectivity index (χ4n) is 4.77. The Balaban J connectivity index is 0.00000218. The molecule has 0 saturated carbocycles. The third-order valence-corrected chi connectivity index (χ3v) is 6.42. The minimum Gasteiger partial charge on any atom is -0.344 e. The third kappa shape index (κ3) is 3.17. The summed E-state index contributed by atoms with van der Waals surface area (Å²) in [6.45, 7) is 3.53. The van der Waals surface area contributed by atoms with Crippen LogP contribution in [0.3, 0.4) is 0 Å². The number of hydrogen-bond acceptors (Lipinski definition) is 4. The van der Waals surface area contributed by atoms with Crippen LogP contribution in [0.1, 0.15) is 37.9 Å². The summed E-state index contributed by atoms with van der Waals surface area (Å²) in [4.78, 5) is 18.9. The summed E-state index contributed by atoms with van der Waals surface area (Å²) in [6.07, 6.45) is 5.90. The largest absolute Gasteiger partial charge is 0.344 e. The highest BCUT2D eigenvalue weighted by molar-refractivity contribution is 5.89. The maximum atomic E-state index is 14.8. The lowest BCUT2D eigenvalue weighted by Crippen LogP contribution is -2.47. The van der Waals surface area contributed by atoms with E-state index in [1.807, 2.05) is 36.9 Å². The Morgan fingerprint density at radius 1 is 1.30 bits per heavy atom. The molecule has 2 saturated heterocycles. The number of halogens is 2. The van der Waals surface area contributed by atoms with Crippen molar-refractivity contribution in [3.05, 3.63) is 48.2 Å². The summed E-state index contributed by atoms with van der Waals surface area (Å²) in [5.74, 6) is -0.103. The molecule has 2 aliphatic rings. The monoisotopic (exact) mass is 429 g/mol. The zero-order chi connectivity index (χ0) is 20.2. The maximum absolute atomic E-state index is 14.8. The quantitative estimate of drug-likeness (QED) is 0.689. The van der Waals surface area contributed by atoms with Crippen molar-refractivity contribution in [2.24, 2.45) is 0 Å². The average molecular weight is 430 g/mol. The third-order valence-electron chi connectivity index (χ3n) is 6.42. The summed E-state index contributed by atoms with van der Waals surface area (Å²) in [7, 11) is 1.85. The first-order valence-corrected chi connectivity index (χ1v) is 10.2. The minimum atomic E-state index is -0.463. The number of aryl methyl sites for hydroxylation is 1. The van der Waals surface area contributed by atoms with Gasteiger partial charge in [-0.3, -0.25) is 19.8 Å². The van der Waals surface area contributed by atoms with Gasteiger partial charge < -0.3 is 4.90 Å². The summed E-state index contributed by atoms with van der Waals surface area (Å²) in [5, 5.41) is 8.65. The predicted octanol–water partition coefficient (Wildman–Crippen LogP) is 3.70. The van der Waals surface area contributed by atoms with Crippen LogP contribution in [0.15, 0.2) is 36.7 Å². The number of carbonyl (C=O) groups excluding carboxylic acids is 1. The second-order valence-corrected chi connectivity index (χ2v) is 8.11. The second-order valence-electron chi connectivity index (χ2n) is 8.11. The van der Waals surface area contributed by atoms with E-state index < -0.39 is 5.54 Å². The molecule has 1 N–H and O–H groups in total. The van der Waals surface area contributed by atoms with E-state index in [9.17, 15) is 9.18 Å². The van der Waals surface area contributed by atoms with Gasteiger partial charge in [0.1, 0.15) is 11.4 Å². The lowest BCUT2D eigenvalue weighted by atomic mass is 9.96. The first-order valence-electron chi connectivity index (χ1n) is 10.2. The highest BCUT2D eigenvalue weighted by Crippen LogP contribution is 2.39. The molecule has 1 spiro atoms. The molecule has 3 aromatic rings. The molecule has 158 valence electrons. The van der Waals surface area contributed by atoms with Crippen LogP contribution >= 0.6 is 12.4 Å². The highest BCUT2D eigenvalue weighted by atomic mass is 35.5. The van der Waals surface area contributed by atoms with E-state index in [0.29, 0.717) is 5.56 Å². The van der Waals surface area contributed by atoms with E-state index in [4.69, 9.17) is 0 Å². The van der Waals surface area contributed by atoms with Gasteiger partial charge in [-0.15, -0.1) is 12.4 Å². The fourth-order valence-corrected chi connectivity index (χ4v) is 4.77. The number of aromatic nitrogens is 3. The van der Waals surface area contributed by atoms with Crippen LogP contribution in [0, 0.1) is 5.82 Å². The minimum absolute atomic E-state index is 0. The average Bonchev–Trinajstić information content (AvgIpc) is 3.42. The number of carbonyl (C=O) groups is 1. The molecule has 2 aromatic heterocycles. The van der Waals surface area contributed by atoms with Crippen LogP contribution in [-0.2, 0) is 11.3 Å². The van der Waals surface area contributed by atoms with Crippen molar-refractivity contribution in [2.75, 3.05) is 13.6 Å². The lowest BCUT2D eigenvalue weighted by molar-refractivity contribution is -0.131. The van der Waals surface area contributed by atoms with Crippen molar-refractivity contribution in [3.63, 3.8) is 0 Å². The number of nitrogens with zero attached hydrogens (tertiary/aromatic N) is 4. The molecular formula is C22H25ClFN5O. The van der Waals surface area contributed by atoms with Crippen LogP contribution in [0.2, 0.25) is 0 Å². The van der Waals surface area contributed by atoms with Gasteiger partial charge in [0.05, 0.1) is 23.4 Å². The van der Waals surface area contributed by atoms with Crippen molar-refractivity contribution >= 4 is 29.2 Å². The fraction of sp³-hybridized carbons (Fsp3) is 0.409. The lowest BCUT2D eigenvalue weighted by Gasteiger charge is -2.23. The van der Waals surface area contributed by atoms with Crippen LogP contribution in [0.4, 0.5) is 4.39 Å². The number of amides is 1. The summed E-state index contributed by atoms with van der Waals surface area (Å²) >= 11 is 0. The standard InChI is InChI=1S/C22H24FN5O.ClH/c1-3-28-20-12-16(17(23)10-15(20)13-25-28)14-5-8-24-19(11-14)18-4-6-22(26-18)7-9-27(2)21(22)29;/h5,8,10-13,18,26H,3-4,6-7,9H2,1-2H3;1H/t18-,22+;/m1./s1. The zero-order valence-corrected chi connectivity index (χ0v) is 17.9. The zero-order valence-electron chi connectivity index (χ0n) is 17.1. The van der Waals surface area contributed by atoms with E-state index in [1.54, 1.807) is 23.4 Å². The Bertz CT molecular complexity index is 1120. The molecule has 0 unspecified atom stereocenters. The Morgan fingerprint density at radius 2 is 2.13 bits per heavy atom. The van der Waals surface area contributed by atoms with Gasteiger partial charge in [-0.2, -0.15) is 5.10 Å². The van der Waals surface area contributed by atoms with Gasteiger partial charge in [0.25, 0.3) is 0 Å². The van der Waals surface area contributed by atoms with Crippen molar-refractivity contribution in [1.29, 1.82) is 0 Å². The molecule has 0 bridgehead atoms. The van der Waals surface area contributed by atoms with Crippen molar-refractivity contribution in [1.82, 2.24) is 25.0 Å². The number of fused-ring (bicyclic) bond motifs is 1. The molecule has 6 nitrogen and oxygen atoms in total. The van der Waals surface area contributed by atoms with Crippen molar-refractivity contribution in [3.8, 4) is 11.1 Å². The van der Waals surface area contributed by atoms with Crippen LogP contribution in [-0.4, -0.2) is 44.7 Å². The molecule has 30 heavy (non-hydrogen) atoms. The van der Waals surface area contributed by atoms with E-state index in [0.717, 1.165) is 54.5 Å². The number of likely N-dealkylation sites (tertiary alicyclic amines) is 1. The van der Waals surface area contributed by atoms with E-state index in [1.165, 1.54) is 0 Å². The SMILES string of the molecule is CCn1ncc2cc(F)c(-c3ccnc([C@H]4CC[C@@]5(CCN(C)C5=O)N4)c3)cc21.Cl. The second kappa shape index (κ2) is 7.63. The van der Waals surface area contributed by atoms with E-state index in [2.05, 4.69) is 15.4 Å². The number of rotatable bonds is 3. The summed E-state index contributed by atoms with van der Waals surface area (Å²) in [6, 6.07) is 7.17. The Morgan fingerprint density at radius 3 is 2.87 bits per heavy atom. The van der Waals surface area contributed by atoms with Gasteiger partial charge in [-0.05, 0) is 56.0 Å². The normalized spacial score (nSPS) is 23.5. The van der Waals surface area contributed by atoms with Gasteiger partial charge in [-0.1, -0.05) is 0 Å². The molecular weight excluding hydrogens is 405 g/mol. The number of pyridine rings is 1. The van der Waals surface area contributed by atoms with Crippen molar-refractivity contribution in [2.45, 2.75) is 44.3 Å². The molecule has 1 amide bonds. The first kappa shape index (κ1) is 20.8. The summed E-state index contributed by atoms with van der Waals surface area (Å²) < 4.78 is 16.7. The molecule has 2 atom stereocenters. The molecule has 4 heterocycles. The number of benzene rings is 1. The molecule has 5 rings (SSSR count). The van der Waals surface area contributed by atoms with Gasteiger partial charge in [0.2, 0.25) is 5.91 Å². The molecule has 2 fully saturated rings. The Kier molecular flexibility index (Phi) is 5.28. The molecule has 0 radical (unpaired) electrons. The predicted molar refractivity (Wildman–Crippen MR) is 116 cm³/mol. The van der Waals surface area contributed by atoms with Crippen LogP contribution in [0.5, 0.6) is 0 Å². The first-order chi connectivity index (χ1) is 14.0.